The van der Waals surface area contributed by atoms with E-state index in [1.54, 1.807) is 6.26 Å². The Labute approximate surface area is 167 Å². The van der Waals surface area contributed by atoms with Gasteiger partial charge in [-0.15, -0.1) is 10.2 Å². The molecule has 2 heterocycles. The number of nitrogens with zero attached hydrogens (tertiary/aromatic N) is 2. The van der Waals surface area contributed by atoms with Crippen LogP contribution in [0.15, 0.2) is 53.1 Å². The van der Waals surface area contributed by atoms with Gasteiger partial charge in [0.15, 0.2) is 0 Å². The Morgan fingerprint density at radius 2 is 1.96 bits per heavy atom. The van der Waals surface area contributed by atoms with Crippen molar-refractivity contribution in [2.24, 2.45) is 0 Å². The van der Waals surface area contributed by atoms with Crippen molar-refractivity contribution in [3.05, 3.63) is 65.4 Å². The minimum Gasteiger partial charge on any atom is -0.464 e. The molecule has 0 aliphatic carbocycles. The number of anilines is 1. The summed E-state index contributed by atoms with van der Waals surface area (Å²) in [6.07, 6.45) is 1.90. The zero-order valence-electron chi connectivity index (χ0n) is 16.0. The molecular formula is C22H21N3O2S. The summed E-state index contributed by atoms with van der Waals surface area (Å²) >= 11 is 1.36. The molecule has 0 saturated heterocycles. The largest absolute Gasteiger partial charge is 0.464 e. The van der Waals surface area contributed by atoms with Gasteiger partial charge in [-0.2, -0.15) is 0 Å². The summed E-state index contributed by atoms with van der Waals surface area (Å²) in [6.45, 7) is 6.42. The molecule has 1 N–H and O–H groups in total. The number of fused-ring (bicyclic) bond motifs is 1. The lowest BCUT2D eigenvalue weighted by Crippen LogP contribution is -2.14. The standard InChI is InChI=1S/C22H21N3O2S/c1-13(2)17-11-18-16(12-27-19(18)9-14(17)3)10-20(26)23-22-25-24-21(28-22)15-7-5-4-6-8-15/h4-9,11-13H,10H2,1-3H3,(H,23,25,26). The molecule has 2 aromatic carbocycles. The van der Waals surface area contributed by atoms with E-state index in [4.69, 9.17) is 4.42 Å². The van der Waals surface area contributed by atoms with Gasteiger partial charge in [-0.05, 0) is 36.1 Å². The maximum Gasteiger partial charge on any atom is 0.230 e. The van der Waals surface area contributed by atoms with Crippen molar-refractivity contribution in [1.82, 2.24) is 10.2 Å². The first-order valence-electron chi connectivity index (χ1n) is 9.20. The van der Waals surface area contributed by atoms with Crippen LogP contribution >= 0.6 is 11.3 Å². The van der Waals surface area contributed by atoms with Crippen molar-refractivity contribution in [2.75, 3.05) is 5.32 Å². The molecule has 0 aliphatic rings. The zero-order chi connectivity index (χ0) is 19.7. The molecule has 0 bridgehead atoms. The Hall–Kier alpha value is -2.99. The average molecular weight is 391 g/mol. The predicted molar refractivity (Wildman–Crippen MR) is 113 cm³/mol. The molecule has 0 atom stereocenters. The smallest absolute Gasteiger partial charge is 0.230 e. The van der Waals surface area contributed by atoms with Gasteiger partial charge in [-0.3, -0.25) is 4.79 Å². The minimum absolute atomic E-state index is 0.134. The van der Waals surface area contributed by atoms with E-state index in [2.05, 4.69) is 42.4 Å². The molecule has 142 valence electrons. The summed E-state index contributed by atoms with van der Waals surface area (Å²) in [4.78, 5) is 12.5. The minimum atomic E-state index is -0.134. The number of nitrogens with one attached hydrogen (secondary N) is 1. The number of aromatic nitrogens is 2. The van der Waals surface area contributed by atoms with E-state index >= 15 is 0 Å². The SMILES string of the molecule is Cc1cc2occ(CC(=O)Nc3nnc(-c4ccccc4)s3)c2cc1C(C)C. The molecule has 0 saturated carbocycles. The van der Waals surface area contributed by atoms with Crippen LogP contribution in [0, 0.1) is 6.92 Å². The molecule has 0 spiro atoms. The van der Waals surface area contributed by atoms with E-state index in [1.165, 1.54) is 22.5 Å². The van der Waals surface area contributed by atoms with Crippen LogP contribution in [0.5, 0.6) is 0 Å². The average Bonchev–Trinajstić information content (AvgIpc) is 3.29. The highest BCUT2D eigenvalue weighted by Crippen LogP contribution is 2.30. The van der Waals surface area contributed by atoms with Crippen LogP contribution in [0.1, 0.15) is 36.5 Å². The van der Waals surface area contributed by atoms with Crippen molar-refractivity contribution < 1.29 is 9.21 Å². The maximum atomic E-state index is 12.5. The molecule has 4 aromatic rings. The van der Waals surface area contributed by atoms with Crippen molar-refractivity contribution in [3.63, 3.8) is 0 Å². The highest BCUT2D eigenvalue weighted by molar-refractivity contribution is 7.18. The monoisotopic (exact) mass is 391 g/mol. The van der Waals surface area contributed by atoms with Gasteiger partial charge in [0.1, 0.15) is 10.6 Å². The Morgan fingerprint density at radius 1 is 1.18 bits per heavy atom. The summed E-state index contributed by atoms with van der Waals surface area (Å²) < 4.78 is 5.67. The van der Waals surface area contributed by atoms with Gasteiger partial charge in [0, 0.05) is 16.5 Å². The first-order valence-corrected chi connectivity index (χ1v) is 10.0. The number of benzene rings is 2. The number of furan rings is 1. The van der Waals surface area contributed by atoms with E-state index in [0.29, 0.717) is 11.0 Å². The number of carbonyl (C=O) groups excluding carboxylic acids is 1. The second-order valence-corrected chi connectivity index (χ2v) is 8.10. The maximum absolute atomic E-state index is 12.5. The highest BCUT2D eigenvalue weighted by atomic mass is 32.1. The lowest BCUT2D eigenvalue weighted by molar-refractivity contribution is -0.115. The van der Waals surface area contributed by atoms with Crippen molar-refractivity contribution >= 4 is 33.3 Å². The molecule has 0 radical (unpaired) electrons. The second kappa shape index (κ2) is 7.56. The number of hydrogen-bond donors (Lipinski definition) is 1. The van der Waals surface area contributed by atoms with Gasteiger partial charge in [-0.25, -0.2) is 0 Å². The summed E-state index contributed by atoms with van der Waals surface area (Å²) in [5.41, 5.74) is 5.15. The molecule has 1 amide bonds. The fraction of sp³-hybridized carbons (Fsp3) is 0.227. The van der Waals surface area contributed by atoms with Gasteiger partial charge in [0.2, 0.25) is 11.0 Å². The third kappa shape index (κ3) is 3.68. The normalized spacial score (nSPS) is 11.3. The number of aryl methyl sites for hydroxylation is 1. The Kier molecular flexibility index (Phi) is 4.96. The van der Waals surface area contributed by atoms with Crippen LogP contribution in [0.2, 0.25) is 0 Å². The summed E-state index contributed by atoms with van der Waals surface area (Å²) in [7, 11) is 0. The number of amides is 1. The third-order valence-electron chi connectivity index (χ3n) is 4.71. The van der Waals surface area contributed by atoms with Crippen LogP contribution in [-0.4, -0.2) is 16.1 Å². The molecule has 0 fully saturated rings. The highest BCUT2D eigenvalue weighted by Gasteiger charge is 2.15. The van der Waals surface area contributed by atoms with Crippen molar-refractivity contribution in [3.8, 4) is 10.6 Å². The molecule has 0 aliphatic heterocycles. The predicted octanol–water partition coefficient (Wildman–Crippen LogP) is 5.56. The van der Waals surface area contributed by atoms with Gasteiger partial charge < -0.3 is 9.73 Å². The van der Waals surface area contributed by atoms with E-state index in [9.17, 15) is 4.79 Å². The lowest BCUT2D eigenvalue weighted by Gasteiger charge is -2.09. The van der Waals surface area contributed by atoms with Crippen LogP contribution < -0.4 is 5.32 Å². The van der Waals surface area contributed by atoms with E-state index in [-0.39, 0.29) is 12.3 Å². The Morgan fingerprint density at radius 3 is 2.71 bits per heavy atom. The Bertz CT molecular complexity index is 1130. The first-order chi connectivity index (χ1) is 13.5. The van der Waals surface area contributed by atoms with Crippen LogP contribution in [0.3, 0.4) is 0 Å². The summed E-state index contributed by atoms with van der Waals surface area (Å²) in [6, 6.07) is 14.0. The van der Waals surface area contributed by atoms with E-state index < -0.39 is 0 Å². The lowest BCUT2D eigenvalue weighted by atomic mass is 9.95. The molecule has 6 heteroatoms. The second-order valence-electron chi connectivity index (χ2n) is 7.12. The van der Waals surface area contributed by atoms with Crippen LogP contribution in [0.4, 0.5) is 5.13 Å². The number of hydrogen-bond acceptors (Lipinski definition) is 5. The van der Waals surface area contributed by atoms with Gasteiger partial charge in [-0.1, -0.05) is 55.5 Å². The number of carbonyl (C=O) groups is 1. The molecule has 0 unspecified atom stereocenters. The molecule has 4 rings (SSSR count). The van der Waals surface area contributed by atoms with Crippen molar-refractivity contribution in [2.45, 2.75) is 33.1 Å². The fourth-order valence-corrected chi connectivity index (χ4v) is 4.08. The molecular weight excluding hydrogens is 370 g/mol. The fourth-order valence-electron chi connectivity index (χ4n) is 3.31. The van der Waals surface area contributed by atoms with Crippen molar-refractivity contribution in [1.29, 1.82) is 0 Å². The quantitative estimate of drug-likeness (QED) is 0.483. The van der Waals surface area contributed by atoms with Gasteiger partial charge in [0.05, 0.1) is 12.7 Å². The molecule has 5 nitrogen and oxygen atoms in total. The van der Waals surface area contributed by atoms with E-state index in [1.807, 2.05) is 36.4 Å². The zero-order valence-corrected chi connectivity index (χ0v) is 16.8. The molecule has 28 heavy (non-hydrogen) atoms. The van der Waals surface area contributed by atoms with Crippen LogP contribution in [-0.2, 0) is 11.2 Å². The van der Waals surface area contributed by atoms with Gasteiger partial charge >= 0.3 is 0 Å². The first kappa shape index (κ1) is 18.4. The molecule has 2 aromatic heterocycles. The van der Waals surface area contributed by atoms with Crippen LogP contribution in [0.25, 0.3) is 21.5 Å². The number of rotatable bonds is 5. The Balaban J connectivity index is 1.51. The van der Waals surface area contributed by atoms with Gasteiger partial charge in [0.25, 0.3) is 0 Å². The topological polar surface area (TPSA) is 68.0 Å². The summed E-state index contributed by atoms with van der Waals surface area (Å²) in [5, 5.41) is 13.4. The van der Waals surface area contributed by atoms with E-state index in [0.717, 1.165) is 27.1 Å². The summed E-state index contributed by atoms with van der Waals surface area (Å²) in [5.74, 6) is 0.281. The third-order valence-corrected chi connectivity index (χ3v) is 5.60.